The van der Waals surface area contributed by atoms with Crippen LogP contribution in [0.2, 0.25) is 15.1 Å². The first-order chi connectivity index (χ1) is 6.29. The summed E-state index contributed by atoms with van der Waals surface area (Å²) in [5, 5.41) is 0.192. The number of halogens is 4. The average molecular weight is 296 g/mol. The Hall–Kier alpha value is 0.130. The summed E-state index contributed by atoms with van der Waals surface area (Å²) in [4.78, 5) is 0. The van der Waals surface area contributed by atoms with Gasteiger partial charge in [-0.25, -0.2) is 0 Å². The molecule has 8 heteroatoms. The summed E-state index contributed by atoms with van der Waals surface area (Å²) in [6.45, 7) is 0. The molecule has 0 atom stereocenters. The first-order valence-electron chi connectivity index (χ1n) is 3.08. The zero-order chi connectivity index (χ0) is 10.9. The highest BCUT2D eigenvalue weighted by Gasteiger charge is 2.15. The number of hydrogen-bond acceptors (Lipinski definition) is 3. The molecule has 78 valence electrons. The third-order valence-corrected chi connectivity index (χ3v) is 2.48. The van der Waals surface area contributed by atoms with Crippen molar-refractivity contribution in [2.24, 2.45) is 0 Å². The van der Waals surface area contributed by atoms with Crippen LogP contribution in [0.3, 0.4) is 0 Å². The maximum Gasteiger partial charge on any atom is 0.401 e. The van der Waals surface area contributed by atoms with E-state index >= 15 is 0 Å². The minimum absolute atomic E-state index is 0.0354. The highest BCUT2D eigenvalue weighted by atomic mass is 35.7. The largest absolute Gasteiger partial charge is 0.401 e. The van der Waals surface area contributed by atoms with Gasteiger partial charge in [-0.3, -0.25) is 0 Å². The van der Waals surface area contributed by atoms with E-state index < -0.39 is 9.33 Å². The van der Waals surface area contributed by atoms with Gasteiger partial charge in [0.15, 0.2) is 5.75 Å². The molecule has 0 aromatic heterocycles. The van der Waals surface area contributed by atoms with Gasteiger partial charge >= 0.3 is 9.33 Å². The monoisotopic (exact) mass is 294 g/mol. The van der Waals surface area contributed by atoms with Crippen molar-refractivity contribution in [1.29, 1.82) is 0 Å². The van der Waals surface area contributed by atoms with Gasteiger partial charge in [-0.1, -0.05) is 34.8 Å². The molecule has 0 aliphatic carbocycles. The van der Waals surface area contributed by atoms with E-state index in [1.54, 1.807) is 0 Å². The van der Waals surface area contributed by atoms with Gasteiger partial charge in [0.1, 0.15) is 0 Å². The Balaban J connectivity index is 3.22. The summed E-state index contributed by atoms with van der Waals surface area (Å²) in [6, 6.07) is 2.57. The molecule has 0 unspecified atom stereocenters. The minimum atomic E-state index is -4.17. The lowest BCUT2D eigenvalue weighted by molar-refractivity contribution is 0.503. The van der Waals surface area contributed by atoms with Crippen molar-refractivity contribution in [2.45, 2.75) is 0 Å². The lowest BCUT2D eigenvalue weighted by Crippen LogP contribution is -2.00. The van der Waals surface area contributed by atoms with Gasteiger partial charge in [-0.2, -0.15) is 8.42 Å². The van der Waals surface area contributed by atoms with E-state index in [4.69, 9.17) is 45.5 Å². The van der Waals surface area contributed by atoms with Gasteiger partial charge in [-0.15, -0.1) is 0 Å². The van der Waals surface area contributed by atoms with Gasteiger partial charge < -0.3 is 4.18 Å². The molecule has 0 radical (unpaired) electrons. The van der Waals surface area contributed by atoms with Gasteiger partial charge in [0, 0.05) is 5.02 Å². The van der Waals surface area contributed by atoms with Crippen molar-refractivity contribution >= 4 is 54.8 Å². The first kappa shape index (κ1) is 12.2. The van der Waals surface area contributed by atoms with Crippen LogP contribution in [-0.4, -0.2) is 8.42 Å². The topological polar surface area (TPSA) is 43.4 Å². The van der Waals surface area contributed by atoms with Crippen LogP contribution in [0.4, 0.5) is 0 Å². The summed E-state index contributed by atoms with van der Waals surface area (Å²) in [6.07, 6.45) is 0. The predicted octanol–water partition coefficient (Wildman–Crippen LogP) is 3.51. The van der Waals surface area contributed by atoms with E-state index in [1.165, 1.54) is 12.1 Å². The van der Waals surface area contributed by atoms with E-state index in [-0.39, 0.29) is 20.8 Å². The van der Waals surface area contributed by atoms with Crippen LogP contribution in [0.25, 0.3) is 0 Å². The van der Waals surface area contributed by atoms with E-state index in [9.17, 15) is 8.42 Å². The minimum Gasteiger partial charge on any atom is -0.368 e. The molecular formula is C6H2Cl4O3S. The Morgan fingerprint density at radius 3 is 1.86 bits per heavy atom. The van der Waals surface area contributed by atoms with Crippen molar-refractivity contribution in [3.8, 4) is 5.75 Å². The highest BCUT2D eigenvalue weighted by molar-refractivity contribution is 8.10. The van der Waals surface area contributed by atoms with Crippen LogP contribution >= 0.6 is 45.5 Å². The van der Waals surface area contributed by atoms with Gasteiger partial charge in [-0.05, 0) is 12.1 Å². The zero-order valence-electron chi connectivity index (χ0n) is 6.30. The van der Waals surface area contributed by atoms with Crippen LogP contribution in [0.5, 0.6) is 5.75 Å². The van der Waals surface area contributed by atoms with Crippen LogP contribution in [0.1, 0.15) is 0 Å². The molecule has 0 amide bonds. The molecule has 0 spiro atoms. The Bertz CT molecular complexity index is 433. The summed E-state index contributed by atoms with van der Waals surface area (Å²) in [7, 11) is 0.676. The van der Waals surface area contributed by atoms with Gasteiger partial charge in [0.25, 0.3) is 0 Å². The van der Waals surface area contributed by atoms with Crippen LogP contribution in [-0.2, 0) is 9.33 Å². The van der Waals surface area contributed by atoms with E-state index in [0.29, 0.717) is 0 Å². The molecule has 0 fully saturated rings. The summed E-state index contributed by atoms with van der Waals surface area (Å²) < 4.78 is 25.5. The fraction of sp³-hybridized carbons (Fsp3) is 0. The van der Waals surface area contributed by atoms with Crippen molar-refractivity contribution in [3.63, 3.8) is 0 Å². The van der Waals surface area contributed by atoms with Crippen molar-refractivity contribution in [1.82, 2.24) is 0 Å². The summed E-state index contributed by atoms with van der Waals surface area (Å²) >= 11 is 16.8. The molecule has 0 N–H and O–H groups in total. The zero-order valence-corrected chi connectivity index (χ0v) is 10.1. The Morgan fingerprint density at radius 1 is 1.07 bits per heavy atom. The summed E-state index contributed by atoms with van der Waals surface area (Å²) in [5.41, 5.74) is 0. The quantitative estimate of drug-likeness (QED) is 0.784. The molecule has 0 heterocycles. The number of hydrogen-bond donors (Lipinski definition) is 0. The highest BCUT2D eigenvalue weighted by Crippen LogP contribution is 2.36. The van der Waals surface area contributed by atoms with Crippen LogP contribution in [0.15, 0.2) is 12.1 Å². The maximum atomic E-state index is 10.6. The first-order valence-corrected chi connectivity index (χ1v) is 6.45. The fourth-order valence-corrected chi connectivity index (χ4v) is 2.26. The molecule has 1 aromatic rings. The van der Waals surface area contributed by atoms with E-state index in [0.717, 1.165) is 0 Å². The van der Waals surface area contributed by atoms with Crippen LogP contribution < -0.4 is 4.18 Å². The second kappa shape index (κ2) is 4.33. The molecule has 0 aliphatic rings. The van der Waals surface area contributed by atoms with Crippen molar-refractivity contribution in [2.75, 3.05) is 0 Å². The van der Waals surface area contributed by atoms with Gasteiger partial charge in [0.05, 0.1) is 20.7 Å². The average Bonchev–Trinajstić information content (AvgIpc) is 1.95. The Labute approximate surface area is 100 Å². The predicted molar refractivity (Wildman–Crippen MR) is 56.9 cm³/mol. The maximum absolute atomic E-state index is 10.6. The van der Waals surface area contributed by atoms with Gasteiger partial charge in [0.2, 0.25) is 0 Å². The second-order valence-electron chi connectivity index (χ2n) is 2.17. The molecule has 0 saturated carbocycles. The third-order valence-electron chi connectivity index (χ3n) is 1.15. The van der Waals surface area contributed by atoms with E-state index in [2.05, 4.69) is 4.18 Å². The van der Waals surface area contributed by atoms with Crippen LogP contribution in [0, 0.1) is 0 Å². The lowest BCUT2D eigenvalue weighted by Gasteiger charge is -2.05. The Morgan fingerprint density at radius 2 is 1.50 bits per heavy atom. The fourth-order valence-electron chi connectivity index (χ4n) is 0.708. The molecule has 1 rings (SSSR count). The molecule has 14 heavy (non-hydrogen) atoms. The molecule has 0 saturated heterocycles. The normalized spacial score (nSPS) is 11.4. The molecule has 1 aromatic carbocycles. The number of benzene rings is 1. The Kier molecular flexibility index (Phi) is 3.77. The van der Waals surface area contributed by atoms with E-state index in [1.807, 2.05) is 0 Å². The number of rotatable bonds is 2. The third kappa shape index (κ3) is 3.37. The second-order valence-corrected chi connectivity index (χ2v) is 5.51. The molecule has 3 nitrogen and oxygen atoms in total. The SMILES string of the molecule is O=S(=O)(Cl)Oc1c(Cl)cc(Cl)cc1Cl. The molecule has 0 bridgehead atoms. The van der Waals surface area contributed by atoms with Crippen molar-refractivity contribution < 1.29 is 12.6 Å². The lowest BCUT2D eigenvalue weighted by atomic mass is 10.3. The molecule has 0 aliphatic heterocycles. The standard InChI is InChI=1S/C6H2Cl4O3S/c7-3-1-4(8)6(5(9)2-3)13-14(10,11)12/h1-2H. The smallest absolute Gasteiger partial charge is 0.368 e. The van der Waals surface area contributed by atoms with Crippen molar-refractivity contribution in [3.05, 3.63) is 27.2 Å². The molecular weight excluding hydrogens is 294 g/mol. The summed E-state index contributed by atoms with van der Waals surface area (Å²) in [5.74, 6) is -0.243.